The zero-order valence-corrected chi connectivity index (χ0v) is 5.57. The van der Waals surface area contributed by atoms with E-state index >= 15 is 0 Å². The number of rotatable bonds is 2. The lowest BCUT2D eigenvalue weighted by atomic mass is 11.5. The van der Waals surface area contributed by atoms with Gasteiger partial charge < -0.3 is 10.2 Å². The van der Waals surface area contributed by atoms with Gasteiger partial charge in [0.05, 0.1) is 0 Å². The van der Waals surface area contributed by atoms with Gasteiger partial charge in [-0.25, -0.2) is 9.59 Å². The second-order valence-corrected chi connectivity index (χ2v) is 2.26. The van der Waals surface area contributed by atoms with E-state index in [4.69, 9.17) is 10.2 Å². The largest absolute Gasteiger partial charge is 0.524 e. The lowest BCUT2D eigenvalue weighted by molar-refractivity contribution is 0.123. The summed E-state index contributed by atoms with van der Waals surface area (Å²) in [6, 6.07) is 0. The first kappa shape index (κ1) is 13.1. The molecule has 0 bridgehead atoms. The van der Waals surface area contributed by atoms with Crippen LogP contribution in [0.2, 0.25) is 0 Å². The SMILES string of the molecule is C.O=C(O)OS(=O)(=O)OC(=O)O. The zero-order valence-electron chi connectivity index (χ0n) is 4.75. The van der Waals surface area contributed by atoms with E-state index in [1.165, 1.54) is 0 Å². The topological polar surface area (TPSA) is 127 Å². The molecule has 0 unspecified atom stereocenters. The molecule has 0 aliphatic carbocycles. The molecule has 2 N–H and O–H groups in total. The molecule has 9 heteroatoms. The van der Waals surface area contributed by atoms with Crippen molar-refractivity contribution in [1.82, 2.24) is 0 Å². The molecular weight excluding hydrogens is 196 g/mol. The summed E-state index contributed by atoms with van der Waals surface area (Å²) in [7, 11) is -4.98. The molecule has 0 aromatic rings. The molecule has 0 atom stereocenters. The highest BCUT2D eigenvalue weighted by atomic mass is 32.3. The van der Waals surface area contributed by atoms with Crippen LogP contribution in [0.1, 0.15) is 7.43 Å². The van der Waals surface area contributed by atoms with Crippen molar-refractivity contribution in [3.8, 4) is 0 Å². The van der Waals surface area contributed by atoms with Crippen molar-refractivity contribution in [2.45, 2.75) is 7.43 Å². The van der Waals surface area contributed by atoms with Crippen LogP contribution in [0.4, 0.5) is 9.59 Å². The van der Waals surface area contributed by atoms with Crippen molar-refractivity contribution in [2.24, 2.45) is 0 Å². The van der Waals surface area contributed by atoms with Crippen LogP contribution in [0.5, 0.6) is 0 Å². The molecular formula is C3H6O8S. The second-order valence-electron chi connectivity index (χ2n) is 1.11. The molecule has 72 valence electrons. The summed E-state index contributed by atoms with van der Waals surface area (Å²) in [6.45, 7) is 0. The zero-order chi connectivity index (χ0) is 9.07. The fraction of sp³-hybridized carbons (Fsp3) is 0.333. The summed E-state index contributed by atoms with van der Waals surface area (Å²) >= 11 is 0. The first-order valence-electron chi connectivity index (χ1n) is 1.93. The molecule has 8 nitrogen and oxygen atoms in total. The molecule has 0 spiro atoms. The van der Waals surface area contributed by atoms with Crippen LogP contribution >= 0.6 is 0 Å². The minimum atomic E-state index is -4.98. The molecule has 0 radical (unpaired) electrons. The lowest BCUT2D eigenvalue weighted by Gasteiger charge is -1.96. The first-order valence-corrected chi connectivity index (χ1v) is 3.26. The van der Waals surface area contributed by atoms with E-state index < -0.39 is 22.7 Å². The van der Waals surface area contributed by atoms with Gasteiger partial charge in [0, 0.05) is 0 Å². The quantitative estimate of drug-likeness (QED) is 0.652. The molecule has 0 saturated carbocycles. The van der Waals surface area contributed by atoms with Crippen molar-refractivity contribution in [3.05, 3.63) is 0 Å². The third-order valence-electron chi connectivity index (χ3n) is 0.347. The van der Waals surface area contributed by atoms with Gasteiger partial charge in [0.25, 0.3) is 0 Å². The first-order chi connectivity index (χ1) is 4.83. The maximum Gasteiger partial charge on any atom is 0.524 e. The van der Waals surface area contributed by atoms with E-state index in [1.54, 1.807) is 0 Å². The average molecular weight is 202 g/mol. The Morgan fingerprint density at radius 2 is 1.25 bits per heavy atom. The Labute approximate surface area is 67.7 Å². The van der Waals surface area contributed by atoms with Gasteiger partial charge in [-0.1, -0.05) is 7.43 Å². The summed E-state index contributed by atoms with van der Waals surface area (Å²) in [4.78, 5) is 19.0. The van der Waals surface area contributed by atoms with Crippen molar-refractivity contribution in [3.63, 3.8) is 0 Å². The second kappa shape index (κ2) is 4.38. The molecule has 12 heavy (non-hydrogen) atoms. The number of hydrogen-bond acceptors (Lipinski definition) is 6. The maximum absolute atomic E-state index is 10.0. The van der Waals surface area contributed by atoms with Crippen molar-refractivity contribution in [2.75, 3.05) is 0 Å². The van der Waals surface area contributed by atoms with Crippen LogP contribution in [0, 0.1) is 0 Å². The molecule has 0 aliphatic rings. The van der Waals surface area contributed by atoms with Gasteiger partial charge in [0.15, 0.2) is 0 Å². The Morgan fingerprint density at radius 3 is 1.42 bits per heavy atom. The van der Waals surface area contributed by atoms with Gasteiger partial charge in [-0.3, -0.25) is 8.37 Å². The van der Waals surface area contributed by atoms with Crippen molar-refractivity contribution >= 4 is 22.7 Å². The van der Waals surface area contributed by atoms with Crippen molar-refractivity contribution in [1.29, 1.82) is 0 Å². The Balaban J connectivity index is 0. The van der Waals surface area contributed by atoms with Gasteiger partial charge in [-0.15, -0.1) is 8.42 Å². The third-order valence-corrected chi connectivity index (χ3v) is 1.04. The van der Waals surface area contributed by atoms with Crippen LogP contribution < -0.4 is 0 Å². The van der Waals surface area contributed by atoms with E-state index in [2.05, 4.69) is 8.37 Å². The van der Waals surface area contributed by atoms with Gasteiger partial charge in [0.2, 0.25) is 0 Å². The van der Waals surface area contributed by atoms with Crippen LogP contribution in [0.15, 0.2) is 0 Å². The van der Waals surface area contributed by atoms with Crippen LogP contribution in [0.25, 0.3) is 0 Å². The fourth-order valence-corrected chi connectivity index (χ4v) is 0.575. The summed E-state index contributed by atoms with van der Waals surface area (Å²) in [6.07, 6.45) is -4.35. The minimum Gasteiger partial charge on any atom is -0.449 e. The molecule has 0 heterocycles. The van der Waals surface area contributed by atoms with Crippen molar-refractivity contribution < 1.29 is 36.6 Å². The molecule has 0 fully saturated rings. The van der Waals surface area contributed by atoms with Gasteiger partial charge in [-0.2, -0.15) is 0 Å². The van der Waals surface area contributed by atoms with E-state index in [9.17, 15) is 18.0 Å². The number of carboxylic acid groups (broad SMARTS) is 2. The Morgan fingerprint density at radius 1 is 1.00 bits per heavy atom. The lowest BCUT2D eigenvalue weighted by Crippen LogP contribution is -2.16. The average Bonchev–Trinajstić information content (AvgIpc) is 1.53. The van der Waals surface area contributed by atoms with Gasteiger partial charge >= 0.3 is 22.7 Å². The highest BCUT2D eigenvalue weighted by molar-refractivity contribution is 7.82. The summed E-state index contributed by atoms with van der Waals surface area (Å²) < 4.78 is 26.2. The highest BCUT2D eigenvalue weighted by Gasteiger charge is 2.21. The van der Waals surface area contributed by atoms with E-state index in [-0.39, 0.29) is 7.43 Å². The van der Waals surface area contributed by atoms with E-state index in [0.29, 0.717) is 0 Å². The third kappa shape index (κ3) is 6.61. The molecule has 0 aliphatic heterocycles. The normalized spacial score (nSPS) is 9.33. The van der Waals surface area contributed by atoms with Gasteiger partial charge in [0.1, 0.15) is 0 Å². The molecule has 0 aromatic carbocycles. The number of carbonyl (C=O) groups is 2. The van der Waals surface area contributed by atoms with Crippen LogP contribution in [-0.2, 0) is 18.8 Å². The van der Waals surface area contributed by atoms with Crippen LogP contribution in [0.3, 0.4) is 0 Å². The summed E-state index contributed by atoms with van der Waals surface area (Å²) in [5, 5.41) is 15.4. The Hall–Kier alpha value is -1.51. The fourth-order valence-electron chi connectivity index (χ4n) is 0.192. The molecule has 0 rings (SSSR count). The maximum atomic E-state index is 10.0. The smallest absolute Gasteiger partial charge is 0.449 e. The summed E-state index contributed by atoms with van der Waals surface area (Å²) in [5.74, 6) is 0. The van der Waals surface area contributed by atoms with Crippen LogP contribution in [-0.4, -0.2) is 30.9 Å². The minimum absolute atomic E-state index is 0. The predicted molar refractivity (Wildman–Crippen MR) is 33.9 cm³/mol. The van der Waals surface area contributed by atoms with E-state index in [1.807, 2.05) is 0 Å². The Kier molecular flexibility index (Phi) is 4.79. The number of hydrogen-bond donors (Lipinski definition) is 2. The summed E-state index contributed by atoms with van der Waals surface area (Å²) in [5.41, 5.74) is 0. The Bertz CT molecular complexity index is 240. The molecule has 0 amide bonds. The van der Waals surface area contributed by atoms with E-state index in [0.717, 1.165) is 0 Å². The molecule has 0 aromatic heterocycles. The monoisotopic (exact) mass is 202 g/mol. The standard InChI is InChI=1S/C2H2O8S.CH4/c3-1(4)9-11(7,8)10-2(5)6;/h(H,3,4)(H,5,6);1H4. The predicted octanol–water partition coefficient (Wildman–Crippen LogP) is 0.256. The van der Waals surface area contributed by atoms with Gasteiger partial charge in [-0.05, 0) is 0 Å². The molecule has 0 saturated heterocycles. The highest BCUT2D eigenvalue weighted by Crippen LogP contribution is 1.95.